The normalized spacial score (nSPS) is 18.5. The van der Waals surface area contributed by atoms with Crippen LogP contribution in [0, 0.1) is 0 Å². The second kappa shape index (κ2) is 15.8. The highest BCUT2D eigenvalue weighted by Gasteiger charge is 2.49. The van der Waals surface area contributed by atoms with E-state index < -0.39 is 0 Å². The van der Waals surface area contributed by atoms with Crippen LogP contribution in [0.2, 0.25) is 0 Å². The molecule has 5 aliphatic rings. The van der Waals surface area contributed by atoms with Crippen molar-refractivity contribution in [2.24, 2.45) is 4.99 Å². The lowest BCUT2D eigenvalue weighted by molar-refractivity contribution is 0.350. The molecule has 2 nitrogen and oxygen atoms in total. The maximum Gasteiger partial charge on any atom is 0.0947 e. The van der Waals surface area contributed by atoms with Gasteiger partial charge < -0.3 is 5.32 Å². The Bertz CT molecular complexity index is 3200. The number of nitrogens with one attached hydrogen (secondary N) is 1. The molecule has 8 aromatic rings. The predicted octanol–water partition coefficient (Wildman–Crippen LogP) is 16.1. The van der Waals surface area contributed by atoms with Gasteiger partial charge in [-0.1, -0.05) is 208 Å². The number of rotatable bonds is 6. The van der Waals surface area contributed by atoms with Gasteiger partial charge in [-0.25, -0.2) is 4.99 Å². The summed E-state index contributed by atoms with van der Waals surface area (Å²) in [5, 5.41) is 4.01. The van der Waals surface area contributed by atoms with Crippen LogP contribution in [0.25, 0.3) is 55.9 Å². The number of nitrogens with zero attached hydrogens (tertiary/aromatic N) is 1. The van der Waals surface area contributed by atoms with Crippen molar-refractivity contribution in [3.8, 4) is 44.5 Å². The van der Waals surface area contributed by atoms with E-state index in [1.807, 2.05) is 0 Å². The quantitative estimate of drug-likeness (QED) is 0.177. The van der Waals surface area contributed by atoms with Gasteiger partial charge in [0.15, 0.2) is 0 Å². The highest BCUT2D eigenvalue weighted by molar-refractivity contribution is 6.12. The van der Waals surface area contributed by atoms with Crippen molar-refractivity contribution in [2.75, 3.05) is 0 Å². The first-order valence-corrected chi connectivity index (χ1v) is 24.6. The van der Waals surface area contributed by atoms with Crippen molar-refractivity contribution in [1.82, 2.24) is 5.32 Å². The summed E-state index contributed by atoms with van der Waals surface area (Å²) in [6.07, 6.45) is 13.0. The fourth-order valence-corrected chi connectivity index (χ4v) is 13.0. The van der Waals surface area contributed by atoms with Gasteiger partial charge in [0.05, 0.1) is 23.1 Å². The maximum atomic E-state index is 5.51. The number of fused-ring (bicyclic) bond motifs is 10. The average molecular weight is 851 g/mol. The summed E-state index contributed by atoms with van der Waals surface area (Å²) >= 11 is 0. The lowest BCUT2D eigenvalue weighted by Gasteiger charge is -2.37. The molecule has 1 heterocycles. The van der Waals surface area contributed by atoms with E-state index in [2.05, 4.69) is 199 Å². The van der Waals surface area contributed by atoms with Gasteiger partial charge in [-0.05, 0) is 133 Å². The van der Waals surface area contributed by atoms with E-state index in [1.54, 1.807) is 22.3 Å². The Morgan fingerprint density at radius 2 is 0.833 bits per heavy atom. The number of hydrogen-bond donors (Lipinski definition) is 1. The zero-order valence-corrected chi connectivity index (χ0v) is 37.6. The standard InChI is InChI=1S/C64H54N2/c1-6-19-44(20-7-1)59-60(45-21-8-2-9-22-45)66-62(61(65-59)46-23-10-3-11-24-46)47-31-29-43(30-32-47)48-25-18-26-49(39-48)50-33-34-56-52(40-50)54-42-57-53(41-58(54)64(56)37-16-5-17-38-64)51-27-12-13-28-55(51)63(57)35-14-4-15-36-63/h1-3,6-13,18-34,39-42,60,66H,4-5,14-17,35-38H2. The van der Waals surface area contributed by atoms with Crippen molar-refractivity contribution < 1.29 is 0 Å². The third kappa shape index (κ3) is 6.25. The monoisotopic (exact) mass is 850 g/mol. The lowest BCUT2D eigenvalue weighted by Crippen LogP contribution is -2.32. The van der Waals surface area contributed by atoms with Crippen LogP contribution in [0.3, 0.4) is 0 Å². The van der Waals surface area contributed by atoms with Gasteiger partial charge in [0.2, 0.25) is 0 Å². The summed E-state index contributed by atoms with van der Waals surface area (Å²) in [5.74, 6) is 0. The summed E-state index contributed by atoms with van der Waals surface area (Å²) in [6.45, 7) is 0. The van der Waals surface area contributed by atoms with E-state index in [0.717, 1.165) is 33.8 Å². The van der Waals surface area contributed by atoms with Crippen LogP contribution in [0.4, 0.5) is 0 Å². The average Bonchev–Trinajstić information content (AvgIpc) is 3.80. The molecule has 2 spiro atoms. The molecule has 2 heteroatoms. The van der Waals surface area contributed by atoms with Crippen LogP contribution in [-0.4, -0.2) is 5.71 Å². The van der Waals surface area contributed by atoms with Gasteiger partial charge >= 0.3 is 0 Å². The summed E-state index contributed by atoms with van der Waals surface area (Å²) in [6, 6.07) is 72.4. The first-order chi connectivity index (χ1) is 32.7. The second-order valence-corrected chi connectivity index (χ2v) is 19.6. The van der Waals surface area contributed by atoms with Crippen molar-refractivity contribution in [2.45, 2.75) is 81.1 Å². The molecular weight excluding hydrogens is 797 g/mol. The Labute approximate surface area is 389 Å². The number of aliphatic imine (C=N–C) groups is 1. The minimum Gasteiger partial charge on any atom is -0.370 e. The van der Waals surface area contributed by atoms with Crippen LogP contribution >= 0.6 is 0 Å². The Hall–Kier alpha value is -7.03. The molecule has 4 aliphatic carbocycles. The molecule has 66 heavy (non-hydrogen) atoms. The van der Waals surface area contributed by atoms with Crippen LogP contribution in [-0.2, 0) is 10.8 Å². The molecular formula is C64H54N2. The minimum atomic E-state index is -0.106. The zero-order valence-electron chi connectivity index (χ0n) is 37.6. The van der Waals surface area contributed by atoms with Gasteiger partial charge in [-0.15, -0.1) is 0 Å². The van der Waals surface area contributed by atoms with E-state index in [0.29, 0.717) is 0 Å². The number of hydrogen-bond acceptors (Lipinski definition) is 2. The van der Waals surface area contributed by atoms with Crippen molar-refractivity contribution in [3.63, 3.8) is 0 Å². The molecule has 1 N–H and O–H groups in total. The highest BCUT2D eigenvalue weighted by Crippen LogP contribution is 2.62. The van der Waals surface area contributed by atoms with Crippen LogP contribution in [0.1, 0.15) is 115 Å². The Morgan fingerprint density at radius 3 is 1.50 bits per heavy atom. The van der Waals surface area contributed by atoms with E-state index in [-0.39, 0.29) is 16.9 Å². The molecule has 1 atom stereocenters. The summed E-state index contributed by atoms with van der Waals surface area (Å²) in [5.41, 5.74) is 25.1. The van der Waals surface area contributed by atoms with Gasteiger partial charge in [0.25, 0.3) is 0 Å². The van der Waals surface area contributed by atoms with Gasteiger partial charge in [-0.3, -0.25) is 0 Å². The molecule has 8 aromatic carbocycles. The molecule has 2 fully saturated rings. The Kier molecular flexibility index (Phi) is 9.45. The molecule has 0 amide bonds. The summed E-state index contributed by atoms with van der Waals surface area (Å²) in [7, 11) is 0. The maximum absolute atomic E-state index is 5.51. The van der Waals surface area contributed by atoms with Crippen molar-refractivity contribution >= 4 is 17.1 Å². The SMILES string of the molecule is c1ccc(C2=NC(c3ccccc3)=C(c3ccc(-c4cccc(-c5ccc6c(c5)-c5cc7c(cc5C65CCCCC5)-c5ccccc5C75CCCCC5)c4)cc3)NC2c2ccccc2)cc1. The van der Waals surface area contributed by atoms with E-state index in [4.69, 9.17) is 4.99 Å². The fraction of sp³-hybridized carbons (Fsp3) is 0.203. The zero-order chi connectivity index (χ0) is 43.7. The Balaban J connectivity index is 0.879. The van der Waals surface area contributed by atoms with Crippen molar-refractivity contribution in [1.29, 1.82) is 0 Å². The Morgan fingerprint density at radius 1 is 0.348 bits per heavy atom. The second-order valence-electron chi connectivity index (χ2n) is 19.6. The summed E-state index contributed by atoms with van der Waals surface area (Å²) in [4.78, 5) is 5.51. The lowest BCUT2D eigenvalue weighted by atomic mass is 9.66. The number of benzene rings is 8. The molecule has 2 saturated carbocycles. The van der Waals surface area contributed by atoms with Crippen LogP contribution < -0.4 is 5.32 Å². The minimum absolute atomic E-state index is 0.106. The van der Waals surface area contributed by atoms with E-state index in [9.17, 15) is 0 Å². The smallest absolute Gasteiger partial charge is 0.0947 e. The molecule has 0 aromatic heterocycles. The molecule has 0 bridgehead atoms. The topological polar surface area (TPSA) is 24.4 Å². The predicted molar refractivity (Wildman–Crippen MR) is 274 cm³/mol. The highest BCUT2D eigenvalue weighted by atomic mass is 15.0. The first-order valence-electron chi connectivity index (χ1n) is 24.6. The molecule has 0 saturated heterocycles. The van der Waals surface area contributed by atoms with E-state index in [1.165, 1.54) is 114 Å². The largest absolute Gasteiger partial charge is 0.370 e. The molecule has 13 rings (SSSR count). The van der Waals surface area contributed by atoms with Crippen LogP contribution in [0.15, 0.2) is 199 Å². The molecule has 0 radical (unpaired) electrons. The summed E-state index contributed by atoms with van der Waals surface area (Å²) < 4.78 is 0. The van der Waals surface area contributed by atoms with Crippen molar-refractivity contribution in [3.05, 3.63) is 239 Å². The van der Waals surface area contributed by atoms with Gasteiger partial charge in [0, 0.05) is 16.4 Å². The van der Waals surface area contributed by atoms with E-state index >= 15 is 0 Å². The molecule has 1 unspecified atom stereocenters. The third-order valence-corrected chi connectivity index (χ3v) is 16.1. The first kappa shape index (κ1) is 39.3. The van der Waals surface area contributed by atoms with Crippen LogP contribution in [0.5, 0.6) is 0 Å². The third-order valence-electron chi connectivity index (χ3n) is 16.1. The fourth-order valence-electron chi connectivity index (χ4n) is 13.0. The molecule has 320 valence electrons. The van der Waals surface area contributed by atoms with Gasteiger partial charge in [-0.2, -0.15) is 0 Å². The molecule has 1 aliphatic heterocycles. The van der Waals surface area contributed by atoms with Gasteiger partial charge in [0.1, 0.15) is 0 Å².